The minimum absolute atomic E-state index is 0.00745. The van der Waals surface area contributed by atoms with Gasteiger partial charge < -0.3 is 9.84 Å². The molecule has 1 saturated heterocycles. The largest absolute Gasteiger partial charge is 0.481 e. The molecule has 1 heterocycles. The first kappa shape index (κ1) is 15.2. The molecule has 6 nitrogen and oxygen atoms in total. The van der Waals surface area contributed by atoms with Gasteiger partial charge in [-0.1, -0.05) is 19.3 Å². The highest BCUT2D eigenvalue weighted by atomic mass is 32.2. The molecule has 4 atom stereocenters. The number of carboxylic acids is 1. The number of carboxylic acid groups (broad SMARTS) is 1. The van der Waals surface area contributed by atoms with Crippen LogP contribution in [-0.2, 0) is 19.6 Å². The van der Waals surface area contributed by atoms with E-state index in [4.69, 9.17) is 4.74 Å². The molecule has 0 radical (unpaired) electrons. The Labute approximate surface area is 125 Å². The normalized spacial score (nSPS) is 38.1. The number of morpholine rings is 1. The van der Waals surface area contributed by atoms with Gasteiger partial charge in [0.25, 0.3) is 0 Å². The molecule has 0 amide bonds. The third-order valence-electron chi connectivity index (χ3n) is 5.16. The molecule has 0 bridgehead atoms. The highest BCUT2D eigenvalue weighted by Crippen LogP contribution is 2.37. The number of aliphatic carboxylic acids is 1. The monoisotopic (exact) mass is 317 g/mol. The fourth-order valence-corrected chi connectivity index (χ4v) is 6.54. The van der Waals surface area contributed by atoms with E-state index in [0.29, 0.717) is 32.4 Å². The van der Waals surface area contributed by atoms with Crippen LogP contribution in [0, 0.1) is 5.92 Å². The molecule has 3 fully saturated rings. The van der Waals surface area contributed by atoms with E-state index in [0.717, 1.165) is 25.7 Å². The Morgan fingerprint density at radius 2 is 1.86 bits per heavy atom. The van der Waals surface area contributed by atoms with Gasteiger partial charge in [0.1, 0.15) is 0 Å². The Kier molecular flexibility index (Phi) is 4.25. The van der Waals surface area contributed by atoms with Crippen molar-refractivity contribution in [1.29, 1.82) is 0 Å². The third-order valence-corrected chi connectivity index (χ3v) is 7.60. The summed E-state index contributed by atoms with van der Waals surface area (Å²) >= 11 is 0. The van der Waals surface area contributed by atoms with Crippen molar-refractivity contribution in [2.24, 2.45) is 5.92 Å². The lowest BCUT2D eigenvalue weighted by Gasteiger charge is -2.44. The van der Waals surface area contributed by atoms with Crippen molar-refractivity contribution in [3.63, 3.8) is 0 Å². The highest BCUT2D eigenvalue weighted by Gasteiger charge is 2.48. The summed E-state index contributed by atoms with van der Waals surface area (Å²) in [6, 6.07) is -0.0902. The van der Waals surface area contributed by atoms with Crippen molar-refractivity contribution in [2.45, 2.75) is 62.3 Å². The standard InChI is InChI=1S/C14H23NO5S/c16-14(17)10-4-3-7-13(10)21(18,19)15-8-9-20-12-6-2-1-5-11(12)15/h10-13H,1-9H2,(H,16,17). The van der Waals surface area contributed by atoms with Gasteiger partial charge in [0.05, 0.1) is 29.9 Å². The second-order valence-electron chi connectivity index (χ2n) is 6.33. The average Bonchev–Trinajstić information content (AvgIpc) is 2.97. The number of ether oxygens (including phenoxy) is 1. The molecular formula is C14H23NO5S. The van der Waals surface area contributed by atoms with Crippen LogP contribution in [0.4, 0.5) is 0 Å². The molecule has 7 heteroatoms. The van der Waals surface area contributed by atoms with Crippen LogP contribution in [0.3, 0.4) is 0 Å². The van der Waals surface area contributed by atoms with Crippen molar-refractivity contribution < 1.29 is 23.1 Å². The average molecular weight is 317 g/mol. The van der Waals surface area contributed by atoms with E-state index in [9.17, 15) is 18.3 Å². The van der Waals surface area contributed by atoms with Crippen molar-refractivity contribution in [1.82, 2.24) is 4.31 Å². The van der Waals surface area contributed by atoms with E-state index in [-0.39, 0.29) is 12.1 Å². The SMILES string of the molecule is O=C(O)C1CCCC1S(=O)(=O)N1CCOC2CCCCC21. The van der Waals surface area contributed by atoms with Crippen molar-refractivity contribution in [3.05, 3.63) is 0 Å². The molecule has 4 unspecified atom stereocenters. The first-order valence-electron chi connectivity index (χ1n) is 7.87. The maximum absolute atomic E-state index is 13.0. The quantitative estimate of drug-likeness (QED) is 0.846. The van der Waals surface area contributed by atoms with Crippen molar-refractivity contribution in [3.8, 4) is 0 Å². The molecule has 21 heavy (non-hydrogen) atoms. The molecule has 2 saturated carbocycles. The van der Waals surface area contributed by atoms with E-state index in [1.807, 2.05) is 0 Å². The van der Waals surface area contributed by atoms with Gasteiger partial charge in [0, 0.05) is 6.54 Å². The molecule has 0 aromatic carbocycles. The Morgan fingerprint density at radius 1 is 1.10 bits per heavy atom. The van der Waals surface area contributed by atoms with E-state index < -0.39 is 27.2 Å². The maximum atomic E-state index is 13.0. The summed E-state index contributed by atoms with van der Waals surface area (Å²) < 4.78 is 33.2. The van der Waals surface area contributed by atoms with Crippen LogP contribution in [-0.4, -0.2) is 54.3 Å². The molecule has 0 aromatic heterocycles. The summed E-state index contributed by atoms with van der Waals surface area (Å²) in [5.74, 6) is -1.73. The summed E-state index contributed by atoms with van der Waals surface area (Å²) in [5.41, 5.74) is 0. The Hall–Kier alpha value is -0.660. The number of rotatable bonds is 3. The first-order chi connectivity index (χ1) is 10.0. The van der Waals surface area contributed by atoms with Gasteiger partial charge in [-0.05, 0) is 25.7 Å². The number of nitrogens with zero attached hydrogens (tertiary/aromatic N) is 1. The lowest BCUT2D eigenvalue weighted by Crippen LogP contribution is -2.57. The molecule has 120 valence electrons. The van der Waals surface area contributed by atoms with Crippen LogP contribution >= 0.6 is 0 Å². The Bertz CT molecular complexity index is 503. The van der Waals surface area contributed by atoms with Crippen LogP contribution in [0.1, 0.15) is 44.9 Å². The van der Waals surface area contributed by atoms with Crippen LogP contribution in [0.5, 0.6) is 0 Å². The van der Waals surface area contributed by atoms with Gasteiger partial charge in [-0.15, -0.1) is 0 Å². The summed E-state index contributed by atoms with van der Waals surface area (Å²) in [6.07, 6.45) is 5.44. The Balaban J connectivity index is 1.84. The smallest absolute Gasteiger partial charge is 0.307 e. The summed E-state index contributed by atoms with van der Waals surface area (Å²) in [6.45, 7) is 0.789. The van der Waals surface area contributed by atoms with Gasteiger partial charge >= 0.3 is 5.97 Å². The predicted molar refractivity (Wildman–Crippen MR) is 76.4 cm³/mol. The number of fused-ring (bicyclic) bond motifs is 1. The number of carbonyl (C=O) groups is 1. The molecular weight excluding hydrogens is 294 g/mol. The topological polar surface area (TPSA) is 83.9 Å². The van der Waals surface area contributed by atoms with E-state index in [1.54, 1.807) is 4.31 Å². The van der Waals surface area contributed by atoms with Gasteiger partial charge in [0.15, 0.2) is 0 Å². The van der Waals surface area contributed by atoms with Crippen LogP contribution in [0.15, 0.2) is 0 Å². The third kappa shape index (κ3) is 2.71. The van der Waals surface area contributed by atoms with Crippen molar-refractivity contribution >= 4 is 16.0 Å². The zero-order valence-electron chi connectivity index (χ0n) is 12.1. The second kappa shape index (κ2) is 5.85. The fraction of sp³-hybridized carbons (Fsp3) is 0.929. The minimum Gasteiger partial charge on any atom is -0.481 e. The van der Waals surface area contributed by atoms with Gasteiger partial charge in [0.2, 0.25) is 10.0 Å². The van der Waals surface area contributed by atoms with Crippen LogP contribution < -0.4 is 0 Å². The lowest BCUT2D eigenvalue weighted by atomic mass is 9.91. The molecule has 3 rings (SSSR count). The molecule has 3 aliphatic rings. The van der Waals surface area contributed by atoms with Gasteiger partial charge in [-0.2, -0.15) is 4.31 Å². The van der Waals surface area contributed by atoms with E-state index in [2.05, 4.69) is 0 Å². The molecule has 1 N–H and O–H groups in total. The van der Waals surface area contributed by atoms with Crippen molar-refractivity contribution in [2.75, 3.05) is 13.2 Å². The highest BCUT2D eigenvalue weighted by molar-refractivity contribution is 7.89. The van der Waals surface area contributed by atoms with Gasteiger partial charge in [-0.25, -0.2) is 8.42 Å². The first-order valence-corrected chi connectivity index (χ1v) is 9.37. The zero-order chi connectivity index (χ0) is 15.0. The minimum atomic E-state index is -3.55. The van der Waals surface area contributed by atoms with E-state index in [1.165, 1.54) is 0 Å². The fourth-order valence-electron chi connectivity index (χ4n) is 4.12. The number of hydrogen-bond acceptors (Lipinski definition) is 4. The van der Waals surface area contributed by atoms with E-state index >= 15 is 0 Å². The molecule has 1 aliphatic heterocycles. The second-order valence-corrected chi connectivity index (χ2v) is 8.44. The van der Waals surface area contributed by atoms with Crippen LogP contribution in [0.25, 0.3) is 0 Å². The summed E-state index contributed by atoms with van der Waals surface area (Å²) in [4.78, 5) is 11.3. The summed E-state index contributed by atoms with van der Waals surface area (Å²) in [7, 11) is -3.55. The molecule has 2 aliphatic carbocycles. The predicted octanol–water partition coefficient (Wildman–Crippen LogP) is 1.21. The van der Waals surface area contributed by atoms with Crippen LogP contribution in [0.2, 0.25) is 0 Å². The maximum Gasteiger partial charge on any atom is 0.307 e. The summed E-state index contributed by atoms with van der Waals surface area (Å²) in [5, 5.41) is 8.52. The van der Waals surface area contributed by atoms with Gasteiger partial charge in [-0.3, -0.25) is 4.79 Å². The lowest BCUT2D eigenvalue weighted by molar-refractivity contribution is -0.141. The zero-order valence-corrected chi connectivity index (χ0v) is 12.9. The molecule has 0 spiro atoms. The Morgan fingerprint density at radius 3 is 2.62 bits per heavy atom. The number of sulfonamides is 1. The molecule has 0 aromatic rings. The number of hydrogen-bond donors (Lipinski definition) is 1.